The lowest BCUT2D eigenvalue weighted by Crippen LogP contribution is -2.50. The average Bonchev–Trinajstić information content (AvgIpc) is 3.10. The van der Waals surface area contributed by atoms with Gasteiger partial charge < -0.3 is 15.4 Å². The third-order valence-corrected chi connectivity index (χ3v) is 7.18. The van der Waals surface area contributed by atoms with E-state index in [-0.39, 0.29) is 30.2 Å². The molecule has 31 heavy (non-hydrogen) atoms. The van der Waals surface area contributed by atoms with E-state index in [1.165, 1.54) is 11.3 Å². The van der Waals surface area contributed by atoms with Gasteiger partial charge in [-0.25, -0.2) is 9.59 Å². The molecule has 0 saturated carbocycles. The maximum atomic E-state index is 13.0. The highest BCUT2D eigenvalue weighted by molar-refractivity contribution is 7.17. The Morgan fingerprint density at radius 1 is 1.16 bits per heavy atom. The van der Waals surface area contributed by atoms with Gasteiger partial charge in [-0.05, 0) is 75.9 Å². The van der Waals surface area contributed by atoms with Crippen molar-refractivity contribution >= 4 is 34.1 Å². The summed E-state index contributed by atoms with van der Waals surface area (Å²) in [6.45, 7) is 7.80. The lowest BCUT2D eigenvalue weighted by molar-refractivity contribution is -0.123. The summed E-state index contributed by atoms with van der Waals surface area (Å²) in [7, 11) is 0. The van der Waals surface area contributed by atoms with Crippen molar-refractivity contribution in [3.8, 4) is 0 Å². The number of Topliss-reactive ketones (excluding diaryl/α,β-unsaturated/α-hetero) is 1. The van der Waals surface area contributed by atoms with Crippen LogP contribution < -0.4 is 16.0 Å². The third-order valence-electron chi connectivity index (χ3n) is 5.98. The summed E-state index contributed by atoms with van der Waals surface area (Å²) in [5.74, 6) is 0.0523. The Bertz CT molecular complexity index is 799. The van der Waals surface area contributed by atoms with Gasteiger partial charge in [0.15, 0.2) is 5.78 Å². The quantitative estimate of drug-likeness (QED) is 0.523. The Balaban J connectivity index is 1.77. The number of carbonyl (C=O) groups excluding carboxylic acids is 3. The lowest BCUT2D eigenvalue weighted by Gasteiger charge is -2.30. The Morgan fingerprint density at radius 3 is 2.55 bits per heavy atom. The fourth-order valence-corrected chi connectivity index (χ4v) is 5.79. The lowest BCUT2D eigenvalue weighted by atomic mass is 9.85. The molecule has 1 unspecified atom stereocenters. The summed E-state index contributed by atoms with van der Waals surface area (Å²) < 4.78 is 5.27. The normalized spacial score (nSPS) is 17.7. The minimum absolute atomic E-state index is 0.0770. The van der Waals surface area contributed by atoms with Gasteiger partial charge in [-0.1, -0.05) is 13.8 Å². The number of piperidine rings is 1. The standard InChI is InChI=1S/C23H35N3O4S/c1-4-30-22(28)19-16-7-5-6-8-18(16)31-21(19)26-23(29)25-20(17(27)13-14(2)3)15-9-11-24-12-10-15/h14-15,20,24H,4-13H2,1-3H3,(H2,25,26,29). The number of aryl methyl sites for hydroxylation is 1. The molecule has 1 aliphatic heterocycles. The number of urea groups is 1. The van der Waals surface area contributed by atoms with E-state index in [2.05, 4.69) is 16.0 Å². The van der Waals surface area contributed by atoms with Crippen LogP contribution in [0.1, 0.15) is 73.7 Å². The Labute approximate surface area is 188 Å². The molecule has 7 nitrogen and oxygen atoms in total. The number of ether oxygens (including phenoxy) is 1. The second-order valence-electron chi connectivity index (χ2n) is 8.86. The van der Waals surface area contributed by atoms with Gasteiger partial charge in [-0.3, -0.25) is 10.1 Å². The first-order valence-corrected chi connectivity index (χ1v) is 12.3. The van der Waals surface area contributed by atoms with Gasteiger partial charge in [-0.2, -0.15) is 0 Å². The molecule has 0 spiro atoms. The zero-order valence-corrected chi connectivity index (χ0v) is 19.7. The molecule has 1 saturated heterocycles. The number of carbonyl (C=O) groups is 3. The van der Waals surface area contributed by atoms with Crippen molar-refractivity contribution < 1.29 is 19.1 Å². The van der Waals surface area contributed by atoms with Crippen molar-refractivity contribution in [2.75, 3.05) is 25.0 Å². The van der Waals surface area contributed by atoms with Crippen molar-refractivity contribution in [3.05, 3.63) is 16.0 Å². The number of fused-ring (bicyclic) bond motifs is 1. The van der Waals surface area contributed by atoms with Gasteiger partial charge in [0.05, 0.1) is 18.2 Å². The molecule has 0 bridgehead atoms. The molecular formula is C23H35N3O4S. The predicted molar refractivity (Wildman–Crippen MR) is 123 cm³/mol. The average molecular weight is 450 g/mol. The zero-order chi connectivity index (χ0) is 22.4. The Kier molecular flexibility index (Phi) is 8.49. The van der Waals surface area contributed by atoms with E-state index in [1.54, 1.807) is 6.92 Å². The minimum Gasteiger partial charge on any atom is -0.462 e. The van der Waals surface area contributed by atoms with Gasteiger partial charge in [0.25, 0.3) is 0 Å². The van der Waals surface area contributed by atoms with Gasteiger partial charge in [0.2, 0.25) is 0 Å². The van der Waals surface area contributed by atoms with Crippen LogP contribution in [0.3, 0.4) is 0 Å². The van der Waals surface area contributed by atoms with Crippen LogP contribution in [-0.4, -0.2) is 43.5 Å². The molecule has 1 aliphatic carbocycles. The van der Waals surface area contributed by atoms with E-state index in [1.807, 2.05) is 13.8 Å². The number of hydrogen-bond acceptors (Lipinski definition) is 6. The van der Waals surface area contributed by atoms with E-state index in [9.17, 15) is 14.4 Å². The molecule has 1 aromatic rings. The zero-order valence-electron chi connectivity index (χ0n) is 18.8. The van der Waals surface area contributed by atoms with Crippen molar-refractivity contribution in [3.63, 3.8) is 0 Å². The molecule has 1 atom stereocenters. The van der Waals surface area contributed by atoms with Crippen LogP contribution in [0.5, 0.6) is 0 Å². The van der Waals surface area contributed by atoms with Crippen LogP contribution in [0.15, 0.2) is 0 Å². The smallest absolute Gasteiger partial charge is 0.341 e. The van der Waals surface area contributed by atoms with Gasteiger partial charge in [-0.15, -0.1) is 11.3 Å². The summed E-state index contributed by atoms with van der Waals surface area (Å²) in [5.41, 5.74) is 1.50. The first-order chi connectivity index (χ1) is 14.9. The second kappa shape index (κ2) is 11.1. The highest BCUT2D eigenvalue weighted by atomic mass is 32.1. The SMILES string of the molecule is CCOC(=O)c1c(NC(=O)NC(C(=O)CC(C)C)C2CCNCC2)sc2c1CCCC2. The molecule has 3 rings (SSSR count). The fourth-order valence-electron chi connectivity index (χ4n) is 4.52. The summed E-state index contributed by atoms with van der Waals surface area (Å²) >= 11 is 1.46. The number of anilines is 1. The minimum atomic E-state index is -0.509. The van der Waals surface area contributed by atoms with Crippen LogP contribution in [-0.2, 0) is 22.4 Å². The molecule has 2 amide bonds. The summed E-state index contributed by atoms with van der Waals surface area (Å²) in [6, 6.07) is -0.935. The van der Waals surface area contributed by atoms with Crippen molar-refractivity contribution in [1.29, 1.82) is 0 Å². The van der Waals surface area contributed by atoms with Gasteiger partial charge in [0, 0.05) is 11.3 Å². The summed E-state index contributed by atoms with van der Waals surface area (Å²) in [6.07, 6.45) is 6.02. The van der Waals surface area contributed by atoms with E-state index >= 15 is 0 Å². The van der Waals surface area contributed by atoms with Crippen LogP contribution in [0.2, 0.25) is 0 Å². The monoisotopic (exact) mass is 449 g/mol. The Morgan fingerprint density at radius 2 is 1.87 bits per heavy atom. The number of rotatable bonds is 8. The molecule has 172 valence electrons. The molecule has 8 heteroatoms. The molecule has 0 aromatic carbocycles. The predicted octanol–water partition coefficient (Wildman–Crippen LogP) is 3.91. The number of ketones is 1. The Hall–Kier alpha value is -1.93. The summed E-state index contributed by atoms with van der Waals surface area (Å²) in [4.78, 5) is 39.7. The topological polar surface area (TPSA) is 96.5 Å². The molecule has 3 N–H and O–H groups in total. The van der Waals surface area contributed by atoms with E-state index in [4.69, 9.17) is 4.74 Å². The van der Waals surface area contributed by atoms with Crippen LogP contribution in [0.25, 0.3) is 0 Å². The van der Waals surface area contributed by atoms with E-state index in [0.29, 0.717) is 17.0 Å². The van der Waals surface area contributed by atoms with Gasteiger partial charge >= 0.3 is 12.0 Å². The number of esters is 1. The van der Waals surface area contributed by atoms with Crippen molar-refractivity contribution in [2.45, 2.75) is 71.8 Å². The van der Waals surface area contributed by atoms with Gasteiger partial charge in [0.1, 0.15) is 5.00 Å². The van der Waals surface area contributed by atoms with Crippen LogP contribution >= 0.6 is 11.3 Å². The van der Waals surface area contributed by atoms with Crippen molar-refractivity contribution in [1.82, 2.24) is 10.6 Å². The molecule has 2 aliphatic rings. The van der Waals surface area contributed by atoms with E-state index in [0.717, 1.165) is 62.1 Å². The molecule has 1 fully saturated rings. The largest absolute Gasteiger partial charge is 0.462 e. The highest BCUT2D eigenvalue weighted by Gasteiger charge is 2.32. The summed E-state index contributed by atoms with van der Waals surface area (Å²) in [5, 5.41) is 9.67. The number of thiophene rings is 1. The first kappa shape index (κ1) is 23.7. The third kappa shape index (κ3) is 6.07. The molecule has 2 heterocycles. The van der Waals surface area contributed by atoms with E-state index < -0.39 is 12.1 Å². The first-order valence-electron chi connectivity index (χ1n) is 11.5. The maximum Gasteiger partial charge on any atom is 0.341 e. The number of amides is 2. The highest BCUT2D eigenvalue weighted by Crippen LogP contribution is 2.38. The maximum absolute atomic E-state index is 13.0. The molecule has 1 aromatic heterocycles. The second-order valence-corrected chi connectivity index (χ2v) is 9.97. The number of hydrogen-bond donors (Lipinski definition) is 3. The van der Waals surface area contributed by atoms with Crippen LogP contribution in [0, 0.1) is 11.8 Å². The van der Waals surface area contributed by atoms with Crippen LogP contribution in [0.4, 0.5) is 9.80 Å². The number of nitrogens with one attached hydrogen (secondary N) is 3. The fraction of sp³-hybridized carbons (Fsp3) is 0.696. The molecular weight excluding hydrogens is 414 g/mol. The molecule has 0 radical (unpaired) electrons. The van der Waals surface area contributed by atoms with Crippen molar-refractivity contribution in [2.24, 2.45) is 11.8 Å².